The van der Waals surface area contributed by atoms with Gasteiger partial charge in [-0.15, -0.1) is 0 Å². The summed E-state index contributed by atoms with van der Waals surface area (Å²) in [6.07, 6.45) is 1.30. The molecule has 2 aliphatic rings. The standard InChI is InChI=1S/C15H19N3O4/c1-21-16-15(20)17-8-7-12-9-13(17)14(19)18(12)22-10-11-5-3-2-4-6-11/h2-6,12-13H,7-10H2,1H3,(H,16,20)/t12-,13?/m0/s1. The van der Waals surface area contributed by atoms with Crippen LogP contribution in [0.15, 0.2) is 30.3 Å². The second-order valence-electron chi connectivity index (χ2n) is 5.42. The van der Waals surface area contributed by atoms with Crippen molar-refractivity contribution >= 4 is 11.9 Å². The lowest BCUT2D eigenvalue weighted by atomic mass is 10.0. The maximum absolute atomic E-state index is 12.5. The fourth-order valence-corrected chi connectivity index (χ4v) is 3.00. The minimum Gasteiger partial charge on any atom is -0.311 e. The van der Waals surface area contributed by atoms with Gasteiger partial charge in [-0.1, -0.05) is 30.3 Å². The number of fused-ring (bicyclic) bond motifs is 2. The van der Waals surface area contributed by atoms with Gasteiger partial charge in [0, 0.05) is 13.0 Å². The predicted octanol–water partition coefficient (Wildman–Crippen LogP) is 1.06. The Morgan fingerprint density at radius 2 is 2.14 bits per heavy atom. The van der Waals surface area contributed by atoms with Gasteiger partial charge in [0.25, 0.3) is 5.91 Å². The average Bonchev–Trinajstić information content (AvgIpc) is 2.78. The highest BCUT2D eigenvalue weighted by molar-refractivity contribution is 5.88. The Kier molecular flexibility index (Phi) is 4.26. The number of hydrogen-bond acceptors (Lipinski definition) is 4. The van der Waals surface area contributed by atoms with Crippen LogP contribution < -0.4 is 5.48 Å². The van der Waals surface area contributed by atoms with Crippen LogP contribution in [0.25, 0.3) is 0 Å². The summed E-state index contributed by atoms with van der Waals surface area (Å²) in [6, 6.07) is 8.88. The van der Waals surface area contributed by atoms with Gasteiger partial charge in [0.05, 0.1) is 13.2 Å². The van der Waals surface area contributed by atoms with Crippen LogP contribution in [0.4, 0.5) is 4.79 Å². The Morgan fingerprint density at radius 3 is 2.86 bits per heavy atom. The minimum absolute atomic E-state index is 0.0350. The summed E-state index contributed by atoms with van der Waals surface area (Å²) in [4.78, 5) is 36.2. The Balaban J connectivity index is 1.64. The van der Waals surface area contributed by atoms with Gasteiger partial charge in [-0.25, -0.2) is 15.3 Å². The molecule has 3 rings (SSSR count). The first kappa shape index (κ1) is 14.8. The fourth-order valence-electron chi connectivity index (χ4n) is 3.00. The smallest absolute Gasteiger partial charge is 0.311 e. The molecular formula is C15H19N3O4. The number of carbonyl (C=O) groups is 2. The van der Waals surface area contributed by atoms with Gasteiger partial charge in [-0.3, -0.25) is 14.5 Å². The third kappa shape index (κ3) is 2.77. The summed E-state index contributed by atoms with van der Waals surface area (Å²) in [6.45, 7) is 0.863. The first-order valence-electron chi connectivity index (χ1n) is 7.30. The highest BCUT2D eigenvalue weighted by Gasteiger charge is 2.48. The molecular weight excluding hydrogens is 286 g/mol. The molecule has 2 heterocycles. The monoisotopic (exact) mass is 305 g/mol. The van der Waals surface area contributed by atoms with Crippen LogP contribution in [-0.4, -0.2) is 47.6 Å². The molecule has 1 aromatic rings. The van der Waals surface area contributed by atoms with Gasteiger partial charge in [0.2, 0.25) is 0 Å². The Morgan fingerprint density at radius 1 is 1.36 bits per heavy atom. The van der Waals surface area contributed by atoms with Crippen molar-refractivity contribution in [3.05, 3.63) is 35.9 Å². The van der Waals surface area contributed by atoms with Crippen molar-refractivity contribution in [3.8, 4) is 0 Å². The van der Waals surface area contributed by atoms with E-state index >= 15 is 0 Å². The predicted molar refractivity (Wildman–Crippen MR) is 77.1 cm³/mol. The Labute approximate surface area is 128 Å². The fraction of sp³-hybridized carbons (Fsp3) is 0.467. The van der Waals surface area contributed by atoms with Crippen molar-refractivity contribution in [2.75, 3.05) is 13.7 Å². The van der Waals surface area contributed by atoms with Gasteiger partial charge in [0.15, 0.2) is 0 Å². The van der Waals surface area contributed by atoms with Crippen LogP contribution in [0.5, 0.6) is 0 Å². The van der Waals surface area contributed by atoms with E-state index in [9.17, 15) is 9.59 Å². The first-order chi connectivity index (χ1) is 10.7. The van der Waals surface area contributed by atoms with Crippen LogP contribution in [-0.2, 0) is 21.1 Å². The third-order valence-electron chi connectivity index (χ3n) is 4.07. The number of benzene rings is 1. The van der Waals surface area contributed by atoms with E-state index in [1.54, 1.807) is 0 Å². The van der Waals surface area contributed by atoms with E-state index in [0.29, 0.717) is 26.0 Å². The van der Waals surface area contributed by atoms with Crippen molar-refractivity contribution < 1.29 is 19.3 Å². The van der Waals surface area contributed by atoms with E-state index in [-0.39, 0.29) is 18.0 Å². The van der Waals surface area contributed by atoms with Crippen molar-refractivity contribution in [1.82, 2.24) is 15.4 Å². The zero-order chi connectivity index (χ0) is 15.5. The van der Waals surface area contributed by atoms with Gasteiger partial charge < -0.3 is 4.90 Å². The normalized spacial score (nSPS) is 23.8. The van der Waals surface area contributed by atoms with Crippen LogP contribution in [0.2, 0.25) is 0 Å². The molecule has 0 spiro atoms. The molecule has 22 heavy (non-hydrogen) atoms. The molecule has 1 unspecified atom stereocenters. The van der Waals surface area contributed by atoms with Crippen LogP contribution in [0, 0.1) is 0 Å². The second-order valence-corrected chi connectivity index (χ2v) is 5.42. The number of likely N-dealkylation sites (tertiary alicyclic amines) is 1. The van der Waals surface area contributed by atoms with Gasteiger partial charge in [0.1, 0.15) is 12.6 Å². The lowest BCUT2D eigenvalue weighted by molar-refractivity contribution is -0.194. The number of hydroxylamine groups is 3. The Bertz CT molecular complexity index is 551. The van der Waals surface area contributed by atoms with E-state index in [2.05, 4.69) is 10.3 Å². The number of hydrogen-bond donors (Lipinski definition) is 1. The number of piperidine rings is 1. The molecule has 2 bridgehead atoms. The number of urea groups is 1. The minimum atomic E-state index is -0.468. The topological polar surface area (TPSA) is 71.1 Å². The van der Waals surface area contributed by atoms with Crippen molar-refractivity contribution in [1.29, 1.82) is 0 Å². The van der Waals surface area contributed by atoms with Crippen LogP contribution in [0.1, 0.15) is 18.4 Å². The average molecular weight is 305 g/mol. The van der Waals surface area contributed by atoms with Crippen LogP contribution >= 0.6 is 0 Å². The molecule has 0 radical (unpaired) electrons. The van der Waals surface area contributed by atoms with E-state index < -0.39 is 6.04 Å². The summed E-state index contributed by atoms with van der Waals surface area (Å²) >= 11 is 0. The lowest BCUT2D eigenvalue weighted by Gasteiger charge is -2.30. The van der Waals surface area contributed by atoms with Crippen molar-refractivity contribution in [2.45, 2.75) is 31.5 Å². The largest absolute Gasteiger partial charge is 0.341 e. The molecule has 3 amide bonds. The highest BCUT2D eigenvalue weighted by Crippen LogP contribution is 2.31. The molecule has 2 atom stereocenters. The number of nitrogens with one attached hydrogen (secondary N) is 1. The molecule has 7 nitrogen and oxygen atoms in total. The van der Waals surface area contributed by atoms with E-state index in [1.807, 2.05) is 30.3 Å². The molecule has 0 aromatic heterocycles. The Hall–Kier alpha value is -2.12. The first-order valence-corrected chi connectivity index (χ1v) is 7.30. The molecule has 0 aliphatic carbocycles. The van der Waals surface area contributed by atoms with Crippen LogP contribution in [0.3, 0.4) is 0 Å². The SMILES string of the molecule is CONC(=O)N1CC[C@H]2CC1C(=O)N2OCc1ccccc1. The van der Waals surface area contributed by atoms with Gasteiger partial charge in [-0.2, -0.15) is 0 Å². The molecule has 118 valence electrons. The summed E-state index contributed by atoms with van der Waals surface area (Å²) in [7, 11) is 1.37. The highest BCUT2D eigenvalue weighted by atomic mass is 16.7. The number of nitrogens with zero attached hydrogens (tertiary/aromatic N) is 2. The molecule has 2 fully saturated rings. The molecule has 2 aliphatic heterocycles. The zero-order valence-corrected chi connectivity index (χ0v) is 12.4. The number of rotatable bonds is 4. The molecule has 2 saturated heterocycles. The summed E-state index contributed by atoms with van der Waals surface area (Å²) in [5, 5.41) is 1.44. The van der Waals surface area contributed by atoms with E-state index in [4.69, 9.17) is 4.84 Å². The second kappa shape index (κ2) is 6.33. The maximum Gasteiger partial charge on any atom is 0.341 e. The molecule has 0 saturated carbocycles. The summed E-state index contributed by atoms with van der Waals surface area (Å²) in [5.41, 5.74) is 3.27. The maximum atomic E-state index is 12.5. The van der Waals surface area contributed by atoms with Gasteiger partial charge in [-0.05, 0) is 12.0 Å². The lowest BCUT2D eigenvalue weighted by Crippen LogP contribution is -2.50. The molecule has 1 aromatic carbocycles. The summed E-state index contributed by atoms with van der Waals surface area (Å²) < 4.78 is 0. The van der Waals surface area contributed by atoms with Crippen molar-refractivity contribution in [3.63, 3.8) is 0 Å². The number of carbonyl (C=O) groups excluding carboxylic acids is 2. The molecule has 7 heteroatoms. The van der Waals surface area contributed by atoms with E-state index in [1.165, 1.54) is 17.1 Å². The molecule has 1 N–H and O–H groups in total. The quantitative estimate of drug-likeness (QED) is 0.845. The summed E-state index contributed by atoms with van der Waals surface area (Å²) in [5.74, 6) is -0.162. The van der Waals surface area contributed by atoms with Crippen molar-refractivity contribution in [2.24, 2.45) is 0 Å². The number of amides is 3. The zero-order valence-electron chi connectivity index (χ0n) is 12.4. The van der Waals surface area contributed by atoms with Gasteiger partial charge >= 0.3 is 6.03 Å². The third-order valence-corrected chi connectivity index (χ3v) is 4.07. The van der Waals surface area contributed by atoms with E-state index in [0.717, 1.165) is 5.56 Å².